The van der Waals surface area contributed by atoms with Crippen LogP contribution in [0.25, 0.3) is 10.2 Å². The fourth-order valence-corrected chi connectivity index (χ4v) is 4.85. The molecule has 1 saturated heterocycles. The average Bonchev–Trinajstić information content (AvgIpc) is 3.23. The number of aryl methyl sites for hydroxylation is 1. The summed E-state index contributed by atoms with van der Waals surface area (Å²) in [5.41, 5.74) is 8.07. The Morgan fingerprint density at radius 1 is 1.30 bits per heavy atom. The highest BCUT2D eigenvalue weighted by Crippen LogP contribution is 2.31. The molecule has 2 aromatic heterocycles. The third-order valence-corrected chi connectivity index (χ3v) is 6.29. The molecular formula is C20H25ClN4OS. The minimum Gasteiger partial charge on any atom is -0.334 e. The molecule has 7 heteroatoms. The van der Waals surface area contributed by atoms with Crippen LogP contribution in [0.4, 0.5) is 0 Å². The topological polar surface area (TPSA) is 64.2 Å². The molecule has 1 aliphatic rings. The van der Waals surface area contributed by atoms with E-state index in [9.17, 15) is 4.79 Å². The van der Waals surface area contributed by atoms with Gasteiger partial charge in [-0.1, -0.05) is 30.3 Å². The van der Waals surface area contributed by atoms with Gasteiger partial charge in [-0.15, -0.1) is 23.7 Å². The van der Waals surface area contributed by atoms with Gasteiger partial charge in [0, 0.05) is 24.5 Å². The van der Waals surface area contributed by atoms with Crippen molar-refractivity contribution in [3.05, 3.63) is 52.5 Å². The maximum Gasteiger partial charge on any atom is 0.264 e. The van der Waals surface area contributed by atoms with Gasteiger partial charge in [0.05, 0.1) is 17.1 Å². The minimum absolute atomic E-state index is 0. The molecule has 1 aliphatic heterocycles. The van der Waals surface area contributed by atoms with Crippen molar-refractivity contribution in [3.63, 3.8) is 0 Å². The fourth-order valence-electron chi connectivity index (χ4n) is 3.74. The smallest absolute Gasteiger partial charge is 0.264 e. The Morgan fingerprint density at radius 3 is 2.81 bits per heavy atom. The summed E-state index contributed by atoms with van der Waals surface area (Å²) in [6, 6.07) is 12.5. The van der Waals surface area contributed by atoms with Crippen LogP contribution in [0.2, 0.25) is 0 Å². The van der Waals surface area contributed by atoms with Crippen molar-refractivity contribution in [3.8, 4) is 0 Å². The number of amides is 1. The van der Waals surface area contributed by atoms with E-state index in [1.54, 1.807) is 11.3 Å². The van der Waals surface area contributed by atoms with Crippen LogP contribution in [-0.4, -0.2) is 39.7 Å². The maximum absolute atomic E-state index is 13.1. The van der Waals surface area contributed by atoms with Crippen LogP contribution in [-0.2, 0) is 6.54 Å². The summed E-state index contributed by atoms with van der Waals surface area (Å²) >= 11 is 1.55. The van der Waals surface area contributed by atoms with E-state index in [0.717, 1.165) is 46.6 Å². The van der Waals surface area contributed by atoms with Crippen molar-refractivity contribution in [2.45, 2.75) is 38.8 Å². The van der Waals surface area contributed by atoms with Crippen molar-refractivity contribution >= 4 is 39.9 Å². The summed E-state index contributed by atoms with van der Waals surface area (Å²) in [6.07, 6.45) is 3.23. The van der Waals surface area contributed by atoms with Gasteiger partial charge in [0.25, 0.3) is 5.91 Å². The van der Waals surface area contributed by atoms with Crippen LogP contribution in [0.3, 0.4) is 0 Å². The van der Waals surface area contributed by atoms with Gasteiger partial charge in [-0.3, -0.25) is 9.48 Å². The summed E-state index contributed by atoms with van der Waals surface area (Å²) in [6.45, 7) is 4.07. The van der Waals surface area contributed by atoms with Crippen molar-refractivity contribution in [2.75, 3.05) is 13.1 Å². The van der Waals surface area contributed by atoms with Crippen molar-refractivity contribution in [1.82, 2.24) is 14.7 Å². The van der Waals surface area contributed by atoms with Crippen molar-refractivity contribution in [2.24, 2.45) is 5.73 Å². The number of thiophene rings is 1. The lowest BCUT2D eigenvalue weighted by Crippen LogP contribution is -2.47. The third kappa shape index (κ3) is 3.88. The lowest BCUT2D eigenvalue weighted by Gasteiger charge is -2.34. The molecule has 3 heterocycles. The number of likely N-dealkylation sites (tertiary alicyclic amines) is 1. The molecular weight excluding hydrogens is 380 g/mol. The van der Waals surface area contributed by atoms with E-state index in [1.807, 2.05) is 40.8 Å². The first-order valence-corrected chi connectivity index (χ1v) is 10.0. The number of nitrogens with two attached hydrogens (primary N) is 1. The Labute approximate surface area is 169 Å². The van der Waals surface area contributed by atoms with Crippen LogP contribution >= 0.6 is 23.7 Å². The summed E-state index contributed by atoms with van der Waals surface area (Å²) in [5, 5.41) is 5.75. The summed E-state index contributed by atoms with van der Waals surface area (Å²) in [4.78, 5) is 16.9. The maximum atomic E-state index is 13.1. The Balaban J connectivity index is 0.00000210. The number of hydrogen-bond acceptors (Lipinski definition) is 4. The molecule has 144 valence electrons. The fraction of sp³-hybridized carbons (Fsp3) is 0.400. The predicted molar refractivity (Wildman–Crippen MR) is 113 cm³/mol. The van der Waals surface area contributed by atoms with Gasteiger partial charge in [0.15, 0.2) is 0 Å². The molecule has 5 nitrogen and oxygen atoms in total. The Bertz CT molecular complexity index is 921. The summed E-state index contributed by atoms with van der Waals surface area (Å²) < 4.78 is 2.01. The average molecular weight is 405 g/mol. The molecule has 2 N–H and O–H groups in total. The number of benzene rings is 1. The molecule has 0 aliphatic carbocycles. The number of hydrogen-bond donors (Lipinski definition) is 1. The van der Waals surface area contributed by atoms with Gasteiger partial charge in [-0.2, -0.15) is 5.10 Å². The van der Waals surface area contributed by atoms with Gasteiger partial charge in [0.1, 0.15) is 4.83 Å². The molecule has 1 aromatic carbocycles. The van der Waals surface area contributed by atoms with E-state index < -0.39 is 0 Å². The SMILES string of the molecule is Cc1nn(Cc2ccccc2)c2sc(C(=O)N3CCCCC3CN)cc12.Cl. The van der Waals surface area contributed by atoms with Crippen molar-refractivity contribution < 1.29 is 4.79 Å². The number of aromatic nitrogens is 2. The Hall–Kier alpha value is -1.89. The Kier molecular flexibility index (Phi) is 6.19. The van der Waals surface area contributed by atoms with Crippen LogP contribution in [0.1, 0.15) is 40.2 Å². The van der Waals surface area contributed by atoms with E-state index in [0.29, 0.717) is 13.1 Å². The highest BCUT2D eigenvalue weighted by atomic mass is 35.5. The molecule has 0 spiro atoms. The second-order valence-corrected chi connectivity index (χ2v) is 7.97. The van der Waals surface area contributed by atoms with Gasteiger partial charge in [-0.05, 0) is 37.8 Å². The molecule has 0 saturated carbocycles. The standard InChI is InChI=1S/C20H24N4OS.ClH/c1-14-17-11-18(19(25)23-10-6-5-9-16(23)12-21)26-20(17)24(22-14)13-15-7-3-2-4-8-15;/h2-4,7-8,11,16H,5-6,9-10,12-13,21H2,1H3;1H. The van der Waals surface area contributed by atoms with E-state index in [2.05, 4.69) is 17.2 Å². The zero-order valence-electron chi connectivity index (χ0n) is 15.4. The number of piperidine rings is 1. The number of carbonyl (C=O) groups is 1. The zero-order chi connectivity index (χ0) is 18.1. The summed E-state index contributed by atoms with van der Waals surface area (Å²) in [5.74, 6) is 0.118. The van der Waals surface area contributed by atoms with Gasteiger partial charge in [-0.25, -0.2) is 0 Å². The van der Waals surface area contributed by atoms with E-state index in [4.69, 9.17) is 5.73 Å². The zero-order valence-corrected chi connectivity index (χ0v) is 17.1. The molecule has 1 atom stereocenters. The van der Waals surface area contributed by atoms with Crippen LogP contribution < -0.4 is 5.73 Å². The second kappa shape index (κ2) is 8.42. The van der Waals surface area contributed by atoms with E-state index >= 15 is 0 Å². The number of nitrogens with zero attached hydrogens (tertiary/aromatic N) is 3. The normalized spacial score (nSPS) is 17.1. The lowest BCUT2D eigenvalue weighted by atomic mass is 10.0. The van der Waals surface area contributed by atoms with Gasteiger partial charge >= 0.3 is 0 Å². The second-order valence-electron chi connectivity index (χ2n) is 6.94. The highest BCUT2D eigenvalue weighted by Gasteiger charge is 2.28. The molecule has 4 rings (SSSR count). The van der Waals surface area contributed by atoms with Gasteiger partial charge in [0.2, 0.25) is 0 Å². The first-order valence-electron chi connectivity index (χ1n) is 9.19. The molecule has 27 heavy (non-hydrogen) atoms. The Morgan fingerprint density at radius 2 is 2.07 bits per heavy atom. The molecule has 3 aromatic rings. The quantitative estimate of drug-likeness (QED) is 0.718. The molecule has 1 unspecified atom stereocenters. The molecule has 1 amide bonds. The lowest BCUT2D eigenvalue weighted by molar-refractivity contribution is 0.0628. The van der Waals surface area contributed by atoms with Crippen LogP contribution in [0.5, 0.6) is 0 Å². The monoisotopic (exact) mass is 404 g/mol. The van der Waals surface area contributed by atoms with Gasteiger partial charge < -0.3 is 10.6 Å². The number of fused-ring (bicyclic) bond motifs is 1. The first-order chi connectivity index (χ1) is 12.7. The predicted octanol–water partition coefficient (Wildman–Crippen LogP) is 3.83. The third-order valence-electron chi connectivity index (χ3n) is 5.15. The number of carbonyl (C=O) groups excluding carboxylic acids is 1. The minimum atomic E-state index is 0. The van der Waals surface area contributed by atoms with E-state index in [-0.39, 0.29) is 24.4 Å². The first kappa shape index (κ1) is 19.9. The highest BCUT2D eigenvalue weighted by molar-refractivity contribution is 7.20. The van der Waals surface area contributed by atoms with E-state index in [1.165, 1.54) is 5.56 Å². The van der Waals surface area contributed by atoms with Crippen LogP contribution in [0.15, 0.2) is 36.4 Å². The molecule has 0 radical (unpaired) electrons. The molecule has 0 bridgehead atoms. The van der Waals surface area contributed by atoms with Crippen LogP contribution in [0, 0.1) is 6.92 Å². The molecule has 1 fully saturated rings. The number of halogens is 1. The largest absolute Gasteiger partial charge is 0.334 e. The summed E-state index contributed by atoms with van der Waals surface area (Å²) in [7, 11) is 0. The van der Waals surface area contributed by atoms with Crippen molar-refractivity contribution in [1.29, 1.82) is 0 Å². The number of rotatable bonds is 4.